The average Bonchev–Trinajstić information content (AvgIpc) is 2.61. The third-order valence-corrected chi connectivity index (χ3v) is 5.07. The van der Waals surface area contributed by atoms with Gasteiger partial charge in [0.05, 0.1) is 14.2 Å². The minimum absolute atomic E-state index is 0.936. The minimum atomic E-state index is 0.936. The van der Waals surface area contributed by atoms with E-state index in [-0.39, 0.29) is 0 Å². The number of hydrogen-bond acceptors (Lipinski definition) is 5. The monoisotopic (exact) mass is 319 g/mol. The number of nitrogens with zero attached hydrogens (tertiary/aromatic N) is 2. The van der Waals surface area contributed by atoms with E-state index in [0.29, 0.717) is 0 Å². The van der Waals surface area contributed by atoms with Crippen molar-refractivity contribution in [3.8, 4) is 11.5 Å². The molecule has 1 saturated heterocycles. The lowest BCUT2D eigenvalue weighted by atomic mass is 9.94. The Hall–Kier alpha value is -1.30. The third-order valence-electron chi connectivity index (χ3n) is 5.07. The Bertz CT molecular complexity index is 542. The molecule has 0 aromatic heterocycles. The normalized spacial score (nSPS) is 19.4. The summed E-state index contributed by atoms with van der Waals surface area (Å²) in [6.45, 7) is 10.6. The molecule has 0 amide bonds. The van der Waals surface area contributed by atoms with Gasteiger partial charge in [-0.15, -0.1) is 0 Å². The zero-order valence-electron chi connectivity index (χ0n) is 14.7. The summed E-state index contributed by atoms with van der Waals surface area (Å²) in [7, 11) is 3.58. The van der Waals surface area contributed by atoms with Crippen molar-refractivity contribution in [3.05, 3.63) is 22.8 Å². The maximum Gasteiger partial charge on any atom is 0.127 e. The number of benzene rings is 1. The lowest BCUT2D eigenvalue weighted by Gasteiger charge is -2.32. The van der Waals surface area contributed by atoms with Gasteiger partial charge in [0.2, 0.25) is 0 Å². The molecule has 3 rings (SSSR count). The topological polar surface area (TPSA) is 37.0 Å². The second-order valence-corrected chi connectivity index (χ2v) is 6.37. The van der Waals surface area contributed by atoms with Crippen LogP contribution >= 0.6 is 0 Å². The summed E-state index contributed by atoms with van der Waals surface area (Å²) in [6.07, 6.45) is 1.04. The molecule has 23 heavy (non-hydrogen) atoms. The van der Waals surface area contributed by atoms with Gasteiger partial charge >= 0.3 is 0 Å². The van der Waals surface area contributed by atoms with Gasteiger partial charge in [-0.1, -0.05) is 6.92 Å². The fraction of sp³-hybridized carbons (Fsp3) is 0.667. The molecule has 128 valence electrons. The highest BCUT2D eigenvalue weighted by Crippen LogP contribution is 2.38. The molecule has 0 bridgehead atoms. The predicted octanol–water partition coefficient (Wildman–Crippen LogP) is 1.49. The van der Waals surface area contributed by atoms with Crippen molar-refractivity contribution in [1.29, 1.82) is 0 Å². The predicted molar refractivity (Wildman–Crippen MR) is 92.3 cm³/mol. The van der Waals surface area contributed by atoms with Crippen LogP contribution in [0.3, 0.4) is 0 Å². The minimum Gasteiger partial charge on any atom is -0.496 e. The van der Waals surface area contributed by atoms with Crippen LogP contribution in [0.4, 0.5) is 0 Å². The lowest BCUT2D eigenvalue weighted by molar-refractivity contribution is 0.227. The molecule has 5 heteroatoms. The van der Waals surface area contributed by atoms with Crippen LogP contribution in [0.2, 0.25) is 0 Å². The molecule has 2 heterocycles. The number of methoxy groups -OCH3 is 2. The largest absolute Gasteiger partial charge is 0.496 e. The molecule has 1 N–H and O–H groups in total. The first kappa shape index (κ1) is 16.6. The summed E-state index contributed by atoms with van der Waals surface area (Å²) >= 11 is 0. The Morgan fingerprint density at radius 1 is 1.04 bits per heavy atom. The summed E-state index contributed by atoms with van der Waals surface area (Å²) in [5.41, 5.74) is 3.91. The quantitative estimate of drug-likeness (QED) is 0.890. The van der Waals surface area contributed by atoms with Crippen LogP contribution in [0.25, 0.3) is 0 Å². The zero-order chi connectivity index (χ0) is 16.2. The molecule has 2 aliphatic heterocycles. The molecule has 0 spiro atoms. The van der Waals surface area contributed by atoms with Crippen molar-refractivity contribution in [1.82, 2.24) is 15.1 Å². The third kappa shape index (κ3) is 3.47. The number of nitrogens with one attached hydrogen (secondary N) is 1. The molecular weight excluding hydrogens is 290 g/mol. The van der Waals surface area contributed by atoms with E-state index in [0.717, 1.165) is 70.3 Å². The highest BCUT2D eigenvalue weighted by molar-refractivity contribution is 5.55. The van der Waals surface area contributed by atoms with E-state index in [1.807, 2.05) is 0 Å². The van der Waals surface area contributed by atoms with Gasteiger partial charge in [-0.25, -0.2) is 0 Å². The van der Waals surface area contributed by atoms with E-state index in [2.05, 4.69) is 28.1 Å². The molecule has 1 fully saturated rings. The van der Waals surface area contributed by atoms with Crippen LogP contribution in [0.5, 0.6) is 11.5 Å². The van der Waals surface area contributed by atoms with Crippen LogP contribution in [-0.4, -0.2) is 63.3 Å². The molecule has 0 radical (unpaired) electrons. The Morgan fingerprint density at radius 2 is 1.83 bits per heavy atom. The first-order valence-electron chi connectivity index (χ1n) is 8.67. The number of piperazine rings is 1. The maximum absolute atomic E-state index is 5.84. The van der Waals surface area contributed by atoms with E-state index < -0.39 is 0 Å². The summed E-state index contributed by atoms with van der Waals surface area (Å²) in [5, 5.41) is 3.41. The Labute approximate surface area is 139 Å². The number of likely N-dealkylation sites (N-methyl/N-ethyl adjacent to an activating group) is 1. The number of fused-ring (bicyclic) bond motifs is 1. The highest BCUT2D eigenvalue weighted by atomic mass is 16.5. The smallest absolute Gasteiger partial charge is 0.127 e. The van der Waals surface area contributed by atoms with Crippen LogP contribution in [0.15, 0.2) is 6.07 Å². The van der Waals surface area contributed by atoms with Crippen molar-refractivity contribution in [2.24, 2.45) is 0 Å². The summed E-state index contributed by atoms with van der Waals surface area (Å²) in [6, 6.07) is 2.19. The first-order chi connectivity index (χ1) is 11.3. The fourth-order valence-electron chi connectivity index (χ4n) is 3.73. The lowest BCUT2D eigenvalue weighted by Crippen LogP contribution is -2.43. The molecule has 0 atom stereocenters. The average molecular weight is 319 g/mol. The van der Waals surface area contributed by atoms with Crippen molar-refractivity contribution in [2.75, 3.05) is 53.5 Å². The molecule has 1 aromatic carbocycles. The van der Waals surface area contributed by atoms with Gasteiger partial charge in [-0.05, 0) is 19.0 Å². The SMILES string of the molecule is CCN1CCc2c(c(OC)cc(CN3CCNCC3)c2OC)C1. The fourth-order valence-corrected chi connectivity index (χ4v) is 3.73. The number of rotatable bonds is 5. The zero-order valence-corrected chi connectivity index (χ0v) is 14.7. The number of hydrogen-bond donors (Lipinski definition) is 1. The second-order valence-electron chi connectivity index (χ2n) is 6.37. The van der Waals surface area contributed by atoms with Gasteiger partial charge < -0.3 is 14.8 Å². The van der Waals surface area contributed by atoms with E-state index in [9.17, 15) is 0 Å². The molecular formula is C18H29N3O2. The van der Waals surface area contributed by atoms with Crippen LogP contribution in [0.1, 0.15) is 23.6 Å². The molecule has 5 nitrogen and oxygen atoms in total. The standard InChI is InChI=1S/C18H29N3O2/c1-4-20-8-5-15-16(13-20)17(22-2)11-14(18(15)23-3)12-21-9-6-19-7-10-21/h11,19H,4-10,12-13H2,1-3H3. The molecule has 0 unspecified atom stereocenters. The van der Waals surface area contributed by atoms with Crippen LogP contribution < -0.4 is 14.8 Å². The molecule has 2 aliphatic rings. The van der Waals surface area contributed by atoms with Gasteiger partial charge in [0.25, 0.3) is 0 Å². The van der Waals surface area contributed by atoms with Crippen molar-refractivity contribution in [3.63, 3.8) is 0 Å². The maximum atomic E-state index is 5.84. The van der Waals surface area contributed by atoms with Crippen LogP contribution in [0, 0.1) is 0 Å². The number of ether oxygens (including phenoxy) is 2. The Balaban J connectivity index is 1.93. The Kier molecular flexibility index (Phi) is 5.41. The van der Waals surface area contributed by atoms with Gasteiger partial charge in [0, 0.05) is 62.5 Å². The van der Waals surface area contributed by atoms with Gasteiger partial charge in [0.1, 0.15) is 11.5 Å². The van der Waals surface area contributed by atoms with Gasteiger partial charge in [0.15, 0.2) is 0 Å². The van der Waals surface area contributed by atoms with Crippen molar-refractivity contribution in [2.45, 2.75) is 26.4 Å². The molecule has 0 aliphatic carbocycles. The van der Waals surface area contributed by atoms with Crippen molar-refractivity contribution >= 4 is 0 Å². The van der Waals surface area contributed by atoms with E-state index in [1.54, 1.807) is 14.2 Å². The summed E-state index contributed by atoms with van der Waals surface area (Å²) < 4.78 is 11.6. The van der Waals surface area contributed by atoms with E-state index in [4.69, 9.17) is 9.47 Å². The highest BCUT2D eigenvalue weighted by Gasteiger charge is 2.25. The van der Waals surface area contributed by atoms with Gasteiger partial charge in [-0.3, -0.25) is 9.80 Å². The summed E-state index contributed by atoms with van der Waals surface area (Å²) in [5.74, 6) is 2.10. The molecule has 0 saturated carbocycles. The Morgan fingerprint density at radius 3 is 2.48 bits per heavy atom. The first-order valence-corrected chi connectivity index (χ1v) is 8.67. The van der Waals surface area contributed by atoms with Crippen molar-refractivity contribution < 1.29 is 9.47 Å². The van der Waals surface area contributed by atoms with E-state index >= 15 is 0 Å². The second kappa shape index (κ2) is 7.51. The van der Waals surface area contributed by atoms with Gasteiger partial charge in [-0.2, -0.15) is 0 Å². The van der Waals surface area contributed by atoms with E-state index in [1.165, 1.54) is 16.7 Å². The van der Waals surface area contributed by atoms with Crippen LogP contribution in [-0.2, 0) is 19.5 Å². The summed E-state index contributed by atoms with van der Waals surface area (Å²) in [4.78, 5) is 4.95. The molecule has 1 aromatic rings.